The highest BCUT2D eigenvalue weighted by Crippen LogP contribution is 2.32. The van der Waals surface area contributed by atoms with E-state index in [0.717, 1.165) is 16.4 Å². The van der Waals surface area contributed by atoms with Gasteiger partial charge in [-0.15, -0.1) is 0 Å². The van der Waals surface area contributed by atoms with Gasteiger partial charge >= 0.3 is 0 Å². The van der Waals surface area contributed by atoms with Gasteiger partial charge < -0.3 is 9.47 Å². The van der Waals surface area contributed by atoms with Gasteiger partial charge in [0.1, 0.15) is 16.4 Å². The molecule has 0 atom stereocenters. The Bertz CT molecular complexity index is 824. The van der Waals surface area contributed by atoms with Gasteiger partial charge in [-0.1, -0.05) is 0 Å². The molecule has 8 heteroatoms. The highest BCUT2D eigenvalue weighted by atomic mass is 32.2. The first kappa shape index (κ1) is 17.0. The number of methoxy groups -OCH3 is 2. The number of halogens is 2. The second-order valence-corrected chi connectivity index (χ2v) is 6.53. The molecule has 0 aromatic heterocycles. The third-order valence-electron chi connectivity index (χ3n) is 3.28. The Morgan fingerprint density at radius 1 is 0.957 bits per heavy atom. The van der Waals surface area contributed by atoms with Crippen molar-refractivity contribution in [2.45, 2.75) is 4.90 Å². The van der Waals surface area contributed by atoms with Gasteiger partial charge in [0.2, 0.25) is 0 Å². The Morgan fingerprint density at radius 3 is 2.22 bits per heavy atom. The van der Waals surface area contributed by atoms with Crippen molar-refractivity contribution in [1.82, 2.24) is 0 Å². The lowest BCUT2D eigenvalue weighted by molar-refractivity contribution is 0.392. The Morgan fingerprint density at radius 2 is 1.65 bits per heavy atom. The number of anilines is 1. The van der Waals surface area contributed by atoms with Crippen LogP contribution in [0.25, 0.3) is 0 Å². The average Bonchev–Trinajstić information content (AvgIpc) is 2.55. The molecule has 2 rings (SSSR count). The summed E-state index contributed by atoms with van der Waals surface area (Å²) < 4.78 is 62.8. The number of sulfonamides is 1. The molecule has 0 amide bonds. The minimum atomic E-state index is -4.06. The third kappa shape index (κ3) is 3.21. The molecule has 124 valence electrons. The van der Waals surface area contributed by atoms with Gasteiger partial charge in [-0.05, 0) is 24.3 Å². The molecule has 2 aromatic carbocycles. The van der Waals surface area contributed by atoms with Gasteiger partial charge in [-0.3, -0.25) is 4.31 Å². The minimum absolute atomic E-state index is 0.0197. The van der Waals surface area contributed by atoms with E-state index >= 15 is 0 Å². The van der Waals surface area contributed by atoms with Gasteiger partial charge in [0, 0.05) is 19.2 Å². The fourth-order valence-corrected chi connectivity index (χ4v) is 3.31. The van der Waals surface area contributed by atoms with Crippen LogP contribution in [0.1, 0.15) is 0 Å². The summed E-state index contributed by atoms with van der Waals surface area (Å²) in [6.45, 7) is 0. The maximum Gasteiger partial charge on any atom is 0.267 e. The van der Waals surface area contributed by atoms with E-state index in [1.165, 1.54) is 39.5 Å². The van der Waals surface area contributed by atoms with Crippen LogP contribution in [0.2, 0.25) is 0 Å². The van der Waals surface area contributed by atoms with E-state index in [-0.39, 0.29) is 16.3 Å². The molecule has 0 aliphatic carbocycles. The van der Waals surface area contributed by atoms with E-state index < -0.39 is 21.7 Å². The molecule has 0 spiro atoms. The Kier molecular flexibility index (Phi) is 4.74. The predicted octanol–water partition coefficient (Wildman–Crippen LogP) is 2.81. The molecule has 5 nitrogen and oxygen atoms in total. The Balaban J connectivity index is 2.54. The highest BCUT2D eigenvalue weighted by Gasteiger charge is 2.26. The molecule has 0 unspecified atom stereocenters. The maximum absolute atomic E-state index is 13.4. The lowest BCUT2D eigenvalue weighted by Crippen LogP contribution is -2.27. The number of benzene rings is 2. The fraction of sp³-hybridized carbons (Fsp3) is 0.200. The van der Waals surface area contributed by atoms with E-state index in [9.17, 15) is 17.2 Å². The first-order valence-electron chi connectivity index (χ1n) is 6.47. The molecule has 0 N–H and O–H groups in total. The summed E-state index contributed by atoms with van der Waals surface area (Å²) in [5, 5.41) is 0. The zero-order valence-electron chi connectivity index (χ0n) is 12.7. The second kappa shape index (κ2) is 6.41. The molecule has 0 saturated heterocycles. The van der Waals surface area contributed by atoms with Gasteiger partial charge in [0.25, 0.3) is 10.0 Å². The van der Waals surface area contributed by atoms with Crippen molar-refractivity contribution in [3.05, 3.63) is 48.0 Å². The van der Waals surface area contributed by atoms with Crippen LogP contribution in [0, 0.1) is 11.6 Å². The van der Waals surface area contributed by atoms with E-state index in [1.54, 1.807) is 6.07 Å². The van der Waals surface area contributed by atoms with Crippen LogP contribution < -0.4 is 13.8 Å². The van der Waals surface area contributed by atoms with Crippen molar-refractivity contribution in [2.75, 3.05) is 25.6 Å². The van der Waals surface area contributed by atoms with Crippen LogP contribution in [0.15, 0.2) is 41.3 Å². The molecule has 0 fully saturated rings. The molecule has 2 aromatic rings. The zero-order chi connectivity index (χ0) is 17.2. The Labute approximate surface area is 133 Å². The lowest BCUT2D eigenvalue weighted by Gasteiger charge is -2.21. The summed E-state index contributed by atoms with van der Waals surface area (Å²) in [5.74, 6) is -1.76. The monoisotopic (exact) mass is 343 g/mol. The third-order valence-corrected chi connectivity index (χ3v) is 5.08. The summed E-state index contributed by atoms with van der Waals surface area (Å²) in [6, 6.07) is 7.13. The van der Waals surface area contributed by atoms with Crippen LogP contribution >= 0.6 is 0 Å². The number of hydrogen-bond acceptors (Lipinski definition) is 4. The van der Waals surface area contributed by atoms with Crippen LogP contribution in [0.3, 0.4) is 0 Å². The molecule has 0 saturated carbocycles. The van der Waals surface area contributed by atoms with Gasteiger partial charge in [-0.2, -0.15) is 0 Å². The van der Waals surface area contributed by atoms with Crippen molar-refractivity contribution < 1.29 is 26.7 Å². The quantitative estimate of drug-likeness (QED) is 0.838. The zero-order valence-corrected chi connectivity index (χ0v) is 13.5. The minimum Gasteiger partial charge on any atom is -0.497 e. The SMILES string of the molecule is COc1ccc(OC)c(S(=O)(=O)N(C)c2ccc(F)c(F)c2)c1. The summed E-state index contributed by atoms with van der Waals surface area (Å²) in [5.41, 5.74) is -0.0197. The van der Waals surface area contributed by atoms with Gasteiger partial charge in [0.05, 0.1) is 19.9 Å². The predicted molar refractivity (Wildman–Crippen MR) is 81.5 cm³/mol. The van der Waals surface area contributed by atoms with E-state index in [0.29, 0.717) is 5.75 Å². The largest absolute Gasteiger partial charge is 0.497 e. The normalized spacial score (nSPS) is 11.2. The number of ether oxygens (including phenoxy) is 2. The molecular formula is C15H15F2NO4S. The smallest absolute Gasteiger partial charge is 0.267 e. The standard InChI is InChI=1S/C15H15F2NO4S/c1-18(10-4-6-12(16)13(17)8-10)23(19,20)15-9-11(21-2)5-7-14(15)22-3/h4-9H,1-3H3. The van der Waals surface area contributed by atoms with Crippen molar-refractivity contribution in [1.29, 1.82) is 0 Å². The fourth-order valence-electron chi connectivity index (χ4n) is 1.95. The molecule has 0 bridgehead atoms. The first-order chi connectivity index (χ1) is 10.8. The van der Waals surface area contributed by atoms with E-state index in [4.69, 9.17) is 9.47 Å². The van der Waals surface area contributed by atoms with Crippen LogP contribution in [-0.2, 0) is 10.0 Å². The first-order valence-corrected chi connectivity index (χ1v) is 7.91. The summed E-state index contributed by atoms with van der Waals surface area (Å²) >= 11 is 0. The number of rotatable bonds is 5. The molecule has 0 aliphatic heterocycles. The number of hydrogen-bond donors (Lipinski definition) is 0. The van der Waals surface area contributed by atoms with Gasteiger partial charge in [-0.25, -0.2) is 17.2 Å². The Hall–Kier alpha value is -2.35. The van der Waals surface area contributed by atoms with E-state index in [2.05, 4.69) is 0 Å². The topological polar surface area (TPSA) is 55.8 Å². The lowest BCUT2D eigenvalue weighted by atomic mass is 10.3. The molecular weight excluding hydrogens is 328 g/mol. The van der Waals surface area contributed by atoms with Crippen molar-refractivity contribution in [3.63, 3.8) is 0 Å². The molecule has 23 heavy (non-hydrogen) atoms. The van der Waals surface area contributed by atoms with Crippen molar-refractivity contribution in [3.8, 4) is 11.5 Å². The van der Waals surface area contributed by atoms with Crippen LogP contribution in [-0.4, -0.2) is 29.7 Å². The average molecular weight is 343 g/mol. The molecule has 0 radical (unpaired) electrons. The molecule has 0 heterocycles. The number of nitrogens with zero attached hydrogens (tertiary/aromatic N) is 1. The van der Waals surface area contributed by atoms with E-state index in [1.807, 2.05) is 0 Å². The van der Waals surface area contributed by atoms with Crippen molar-refractivity contribution in [2.24, 2.45) is 0 Å². The summed E-state index contributed by atoms with van der Waals surface area (Å²) in [6.07, 6.45) is 0. The molecule has 0 aliphatic rings. The highest BCUT2D eigenvalue weighted by molar-refractivity contribution is 7.92. The van der Waals surface area contributed by atoms with Crippen LogP contribution in [0.5, 0.6) is 11.5 Å². The maximum atomic E-state index is 13.4. The summed E-state index contributed by atoms with van der Waals surface area (Å²) in [4.78, 5) is -0.147. The summed E-state index contributed by atoms with van der Waals surface area (Å²) in [7, 11) is -0.0889. The van der Waals surface area contributed by atoms with Crippen LogP contribution in [0.4, 0.5) is 14.5 Å². The van der Waals surface area contributed by atoms with Crippen molar-refractivity contribution >= 4 is 15.7 Å². The second-order valence-electron chi connectivity index (χ2n) is 4.59. The van der Waals surface area contributed by atoms with Gasteiger partial charge in [0.15, 0.2) is 11.6 Å².